The summed E-state index contributed by atoms with van der Waals surface area (Å²) in [6.07, 6.45) is 8.73. The van der Waals surface area contributed by atoms with Gasteiger partial charge < -0.3 is 20.0 Å². The van der Waals surface area contributed by atoms with E-state index in [4.69, 9.17) is 4.42 Å². The van der Waals surface area contributed by atoms with E-state index in [0.717, 1.165) is 25.7 Å². The summed E-state index contributed by atoms with van der Waals surface area (Å²) in [5, 5.41) is 7.58. The zero-order chi connectivity index (χ0) is 23.0. The molecule has 33 heavy (non-hydrogen) atoms. The molecule has 0 aromatic carbocycles. The van der Waals surface area contributed by atoms with Crippen molar-refractivity contribution in [3.05, 3.63) is 76.6 Å². The summed E-state index contributed by atoms with van der Waals surface area (Å²) in [5.41, 5.74) is 0.644. The van der Waals surface area contributed by atoms with Crippen LogP contribution in [0.2, 0.25) is 0 Å². The van der Waals surface area contributed by atoms with Gasteiger partial charge in [-0.15, -0.1) is 11.3 Å². The van der Waals surface area contributed by atoms with Crippen LogP contribution < -0.4 is 10.6 Å². The van der Waals surface area contributed by atoms with Crippen LogP contribution in [0, 0.1) is 0 Å². The molecule has 0 unspecified atom stereocenters. The molecule has 0 bridgehead atoms. The van der Waals surface area contributed by atoms with E-state index in [1.165, 1.54) is 22.5 Å². The van der Waals surface area contributed by atoms with Crippen molar-refractivity contribution in [2.75, 3.05) is 6.54 Å². The van der Waals surface area contributed by atoms with Gasteiger partial charge in [0.25, 0.3) is 5.91 Å². The number of furan rings is 1. The lowest BCUT2D eigenvalue weighted by Crippen LogP contribution is -2.48. The SMILES string of the molecule is O=C(NCC(=O)N(Cc1ccco1)[C@@H](C(=O)NC1CCCC1)c1ccncc1)c1cccs1. The van der Waals surface area contributed by atoms with Crippen LogP contribution in [0.5, 0.6) is 0 Å². The Kier molecular flexibility index (Phi) is 7.51. The first-order valence-corrected chi connectivity index (χ1v) is 11.8. The number of nitrogens with zero attached hydrogens (tertiary/aromatic N) is 2. The van der Waals surface area contributed by atoms with Crippen LogP contribution in [0.15, 0.2) is 64.9 Å². The minimum atomic E-state index is -0.884. The van der Waals surface area contributed by atoms with E-state index < -0.39 is 6.04 Å². The molecule has 0 radical (unpaired) electrons. The molecule has 8 nitrogen and oxygen atoms in total. The zero-order valence-corrected chi connectivity index (χ0v) is 18.9. The van der Waals surface area contributed by atoms with Gasteiger partial charge in [0.05, 0.1) is 24.2 Å². The Balaban J connectivity index is 1.58. The van der Waals surface area contributed by atoms with Gasteiger partial charge in [-0.25, -0.2) is 0 Å². The van der Waals surface area contributed by atoms with Crippen LogP contribution in [-0.2, 0) is 16.1 Å². The van der Waals surface area contributed by atoms with Gasteiger partial charge in [-0.2, -0.15) is 0 Å². The normalized spacial score (nSPS) is 14.5. The number of rotatable bonds is 9. The van der Waals surface area contributed by atoms with E-state index in [0.29, 0.717) is 16.2 Å². The lowest BCUT2D eigenvalue weighted by atomic mass is 10.0. The fourth-order valence-corrected chi connectivity index (χ4v) is 4.66. The number of nitrogens with one attached hydrogen (secondary N) is 2. The number of hydrogen-bond donors (Lipinski definition) is 2. The monoisotopic (exact) mass is 466 g/mol. The minimum absolute atomic E-state index is 0.0891. The molecule has 4 rings (SSSR count). The van der Waals surface area contributed by atoms with E-state index >= 15 is 0 Å². The van der Waals surface area contributed by atoms with Crippen LogP contribution in [0.25, 0.3) is 0 Å². The van der Waals surface area contributed by atoms with Crippen molar-refractivity contribution in [1.29, 1.82) is 0 Å². The average molecular weight is 467 g/mol. The molecule has 0 spiro atoms. The van der Waals surface area contributed by atoms with E-state index in [1.807, 2.05) is 0 Å². The van der Waals surface area contributed by atoms with Gasteiger partial charge in [0, 0.05) is 18.4 Å². The molecule has 1 aliphatic rings. The summed E-state index contributed by atoms with van der Waals surface area (Å²) >= 11 is 1.30. The molecular formula is C24H26N4O4S. The standard InChI is InChI=1S/C24H26N4O4S/c29-21(15-26-23(30)20-8-4-14-33-20)28(16-19-7-3-13-32-19)22(17-9-11-25-12-10-17)24(31)27-18-5-1-2-6-18/h3-4,7-14,18,22H,1-2,5-6,15-16H2,(H,26,30)(H,27,31)/t22-/m1/s1. The van der Waals surface area contributed by atoms with Gasteiger partial charge in [0.1, 0.15) is 11.8 Å². The van der Waals surface area contributed by atoms with Crippen LogP contribution in [0.3, 0.4) is 0 Å². The maximum atomic E-state index is 13.5. The maximum Gasteiger partial charge on any atom is 0.261 e. The maximum absolute atomic E-state index is 13.5. The molecule has 3 heterocycles. The Morgan fingerprint density at radius 2 is 1.91 bits per heavy atom. The van der Waals surface area contributed by atoms with E-state index in [1.54, 1.807) is 54.2 Å². The molecule has 0 aliphatic heterocycles. The molecular weight excluding hydrogens is 440 g/mol. The summed E-state index contributed by atoms with van der Waals surface area (Å²) in [6.45, 7) is -0.151. The third-order valence-corrected chi connectivity index (χ3v) is 6.52. The first-order valence-electron chi connectivity index (χ1n) is 11.0. The Morgan fingerprint density at radius 3 is 2.58 bits per heavy atom. The molecule has 0 saturated heterocycles. The fourth-order valence-electron chi connectivity index (χ4n) is 4.02. The smallest absolute Gasteiger partial charge is 0.261 e. The van der Waals surface area contributed by atoms with E-state index in [2.05, 4.69) is 15.6 Å². The Bertz CT molecular complexity index is 1050. The van der Waals surface area contributed by atoms with Gasteiger partial charge in [-0.05, 0) is 54.1 Å². The fraction of sp³-hybridized carbons (Fsp3) is 0.333. The summed E-state index contributed by atoms with van der Waals surface area (Å²) in [6, 6.07) is 9.62. The van der Waals surface area contributed by atoms with Gasteiger partial charge in [-0.3, -0.25) is 19.4 Å². The number of amides is 3. The van der Waals surface area contributed by atoms with Crippen LogP contribution in [0.1, 0.15) is 52.7 Å². The van der Waals surface area contributed by atoms with Crippen LogP contribution in [0.4, 0.5) is 0 Å². The quantitative estimate of drug-likeness (QED) is 0.504. The third-order valence-electron chi connectivity index (χ3n) is 5.66. The Hall–Kier alpha value is -3.46. The summed E-state index contributed by atoms with van der Waals surface area (Å²) in [5.74, 6) is -0.426. The summed E-state index contributed by atoms with van der Waals surface area (Å²) < 4.78 is 5.47. The van der Waals surface area contributed by atoms with Gasteiger partial charge in [-0.1, -0.05) is 18.9 Å². The molecule has 172 valence electrons. The topological polar surface area (TPSA) is 105 Å². The van der Waals surface area contributed by atoms with Crippen molar-refractivity contribution >= 4 is 29.1 Å². The molecule has 2 N–H and O–H groups in total. The molecule has 9 heteroatoms. The number of aromatic nitrogens is 1. The molecule has 1 aliphatic carbocycles. The lowest BCUT2D eigenvalue weighted by Gasteiger charge is -2.31. The molecule has 1 saturated carbocycles. The highest BCUT2D eigenvalue weighted by Crippen LogP contribution is 2.26. The highest BCUT2D eigenvalue weighted by atomic mass is 32.1. The first-order chi connectivity index (χ1) is 16.1. The second-order valence-electron chi connectivity index (χ2n) is 7.93. The highest BCUT2D eigenvalue weighted by Gasteiger charge is 2.33. The average Bonchev–Trinajstić information content (AvgIpc) is 3.61. The lowest BCUT2D eigenvalue weighted by molar-refractivity contribution is -0.141. The van der Waals surface area contributed by atoms with E-state index in [-0.39, 0.29) is 36.9 Å². The van der Waals surface area contributed by atoms with Gasteiger partial charge >= 0.3 is 0 Å². The zero-order valence-electron chi connectivity index (χ0n) is 18.1. The van der Waals surface area contributed by atoms with Crippen molar-refractivity contribution in [3.63, 3.8) is 0 Å². The predicted octanol–water partition coefficient (Wildman–Crippen LogP) is 3.29. The number of pyridine rings is 1. The van der Waals surface area contributed by atoms with Crippen molar-refractivity contribution < 1.29 is 18.8 Å². The largest absolute Gasteiger partial charge is 0.467 e. The van der Waals surface area contributed by atoms with E-state index in [9.17, 15) is 14.4 Å². The Labute approximate surface area is 196 Å². The first kappa shape index (κ1) is 22.7. The molecule has 3 aromatic rings. The van der Waals surface area contributed by atoms with Crippen molar-refractivity contribution in [2.24, 2.45) is 0 Å². The third kappa shape index (κ3) is 5.87. The highest BCUT2D eigenvalue weighted by molar-refractivity contribution is 7.12. The number of thiophene rings is 1. The summed E-state index contributed by atoms with van der Waals surface area (Å²) in [7, 11) is 0. The second-order valence-corrected chi connectivity index (χ2v) is 8.88. The van der Waals surface area contributed by atoms with Gasteiger partial charge in [0.15, 0.2) is 0 Å². The van der Waals surface area contributed by atoms with Crippen molar-refractivity contribution in [3.8, 4) is 0 Å². The predicted molar refractivity (Wildman–Crippen MR) is 123 cm³/mol. The van der Waals surface area contributed by atoms with Crippen LogP contribution >= 0.6 is 11.3 Å². The van der Waals surface area contributed by atoms with Crippen LogP contribution in [-0.4, -0.2) is 40.2 Å². The van der Waals surface area contributed by atoms with Crippen molar-refractivity contribution in [2.45, 2.75) is 44.3 Å². The molecule has 1 atom stereocenters. The van der Waals surface area contributed by atoms with Crippen molar-refractivity contribution in [1.82, 2.24) is 20.5 Å². The minimum Gasteiger partial charge on any atom is -0.467 e. The molecule has 3 amide bonds. The second kappa shape index (κ2) is 10.9. The van der Waals surface area contributed by atoms with Gasteiger partial charge in [0.2, 0.25) is 11.8 Å². The number of hydrogen-bond acceptors (Lipinski definition) is 6. The number of carbonyl (C=O) groups is 3. The molecule has 3 aromatic heterocycles. The summed E-state index contributed by atoms with van der Waals surface area (Å²) in [4.78, 5) is 45.2. The number of carbonyl (C=O) groups excluding carboxylic acids is 3. The molecule has 1 fully saturated rings. The Morgan fingerprint density at radius 1 is 1.12 bits per heavy atom.